The molecule has 0 atom stereocenters. The lowest BCUT2D eigenvalue weighted by Gasteiger charge is -2.02. The van der Waals surface area contributed by atoms with Gasteiger partial charge in [-0.1, -0.05) is 18.4 Å². The van der Waals surface area contributed by atoms with E-state index in [4.69, 9.17) is 4.74 Å². The molecule has 0 aromatic heterocycles. The summed E-state index contributed by atoms with van der Waals surface area (Å²) in [6.45, 7) is 5.11. The smallest absolute Gasteiger partial charge is 0.338 e. The molecule has 0 heterocycles. The Hall–Kier alpha value is -3.43. The summed E-state index contributed by atoms with van der Waals surface area (Å²) in [5.41, 5.74) is 1.89. The van der Waals surface area contributed by atoms with Crippen LogP contribution in [-0.2, 0) is 4.79 Å². The molecule has 2 rings (SSSR count). The minimum atomic E-state index is -0.455. The molecule has 0 amide bonds. The van der Waals surface area contributed by atoms with Crippen LogP contribution in [0.15, 0.2) is 60.7 Å². The number of phenols is 1. The molecular formula is C20H14O3. The molecular weight excluding hydrogens is 288 g/mol. The molecule has 0 aliphatic carbocycles. The molecule has 0 saturated carbocycles. The number of esters is 1. The highest BCUT2D eigenvalue weighted by atomic mass is 16.5. The maximum atomic E-state index is 11.4. The summed E-state index contributed by atoms with van der Waals surface area (Å²) < 4.78 is 5.09. The second-order valence-corrected chi connectivity index (χ2v) is 4.74. The average molecular weight is 302 g/mol. The largest absolute Gasteiger partial charge is 0.508 e. The number of aromatic hydroxyl groups is 1. The Bertz CT molecular complexity index is 836. The molecule has 1 N–H and O–H groups in total. The number of hydrogen-bond donors (Lipinski definition) is 1. The van der Waals surface area contributed by atoms with Crippen LogP contribution in [0.5, 0.6) is 11.5 Å². The van der Waals surface area contributed by atoms with Crippen molar-refractivity contribution in [2.24, 2.45) is 0 Å². The SMILES string of the molecule is C=C(C)C(=O)Oc1ccc(C#CC#Cc2ccc(O)cc2)cc1. The van der Waals surface area contributed by atoms with Crippen molar-refractivity contribution in [2.45, 2.75) is 6.92 Å². The number of carbonyl (C=O) groups is 1. The predicted octanol–water partition coefficient (Wildman–Crippen LogP) is 3.28. The number of ether oxygens (including phenoxy) is 1. The molecule has 0 aliphatic rings. The van der Waals surface area contributed by atoms with Crippen molar-refractivity contribution in [2.75, 3.05) is 0 Å². The summed E-state index contributed by atoms with van der Waals surface area (Å²) >= 11 is 0. The van der Waals surface area contributed by atoms with Gasteiger partial charge in [0.25, 0.3) is 0 Å². The van der Waals surface area contributed by atoms with E-state index in [0.717, 1.165) is 11.1 Å². The van der Waals surface area contributed by atoms with E-state index in [2.05, 4.69) is 30.3 Å². The fourth-order valence-electron chi connectivity index (χ4n) is 1.55. The van der Waals surface area contributed by atoms with Crippen molar-refractivity contribution < 1.29 is 14.6 Å². The Balaban J connectivity index is 2.01. The summed E-state index contributed by atoms with van der Waals surface area (Å²) in [6.07, 6.45) is 0. The number of rotatable bonds is 2. The molecule has 2 aromatic rings. The van der Waals surface area contributed by atoms with Crippen molar-refractivity contribution >= 4 is 5.97 Å². The van der Waals surface area contributed by atoms with Crippen LogP contribution in [0, 0.1) is 23.7 Å². The fourth-order valence-corrected chi connectivity index (χ4v) is 1.55. The Labute approximate surface area is 135 Å². The zero-order valence-corrected chi connectivity index (χ0v) is 12.6. The van der Waals surface area contributed by atoms with Gasteiger partial charge in [0, 0.05) is 16.7 Å². The van der Waals surface area contributed by atoms with Crippen molar-refractivity contribution in [3.63, 3.8) is 0 Å². The molecule has 3 heteroatoms. The molecule has 23 heavy (non-hydrogen) atoms. The van der Waals surface area contributed by atoms with Gasteiger partial charge in [-0.15, -0.1) is 0 Å². The molecule has 0 fully saturated rings. The van der Waals surface area contributed by atoms with Gasteiger partial charge in [-0.2, -0.15) is 0 Å². The van der Waals surface area contributed by atoms with Crippen LogP contribution in [0.3, 0.4) is 0 Å². The van der Waals surface area contributed by atoms with Crippen LogP contribution >= 0.6 is 0 Å². The van der Waals surface area contributed by atoms with Gasteiger partial charge in [0.1, 0.15) is 11.5 Å². The quantitative estimate of drug-likeness (QED) is 0.401. The van der Waals surface area contributed by atoms with Gasteiger partial charge in [0.15, 0.2) is 0 Å². The lowest BCUT2D eigenvalue weighted by molar-refractivity contribution is -0.130. The number of phenolic OH excluding ortho intramolecular Hbond substituents is 1. The van der Waals surface area contributed by atoms with Crippen molar-refractivity contribution in [1.29, 1.82) is 0 Å². The van der Waals surface area contributed by atoms with Gasteiger partial charge in [-0.3, -0.25) is 0 Å². The lowest BCUT2D eigenvalue weighted by atomic mass is 10.2. The van der Waals surface area contributed by atoms with Gasteiger partial charge in [0.05, 0.1) is 0 Å². The van der Waals surface area contributed by atoms with E-state index < -0.39 is 5.97 Å². The summed E-state index contributed by atoms with van der Waals surface area (Å²) in [6, 6.07) is 13.4. The molecule has 0 radical (unpaired) electrons. The Kier molecular flexibility index (Phi) is 5.23. The molecule has 0 saturated heterocycles. The zero-order valence-electron chi connectivity index (χ0n) is 12.6. The van der Waals surface area contributed by atoms with Gasteiger partial charge < -0.3 is 9.84 Å². The third-order valence-electron chi connectivity index (χ3n) is 2.76. The molecule has 3 nitrogen and oxygen atoms in total. The highest BCUT2D eigenvalue weighted by Gasteiger charge is 2.04. The van der Waals surface area contributed by atoms with Crippen LogP contribution in [0.1, 0.15) is 18.1 Å². The fraction of sp³-hybridized carbons (Fsp3) is 0.0500. The summed E-state index contributed by atoms with van der Waals surface area (Å²) in [7, 11) is 0. The summed E-state index contributed by atoms with van der Waals surface area (Å²) in [5, 5.41) is 9.17. The first-order valence-corrected chi connectivity index (χ1v) is 6.83. The van der Waals surface area contributed by atoms with E-state index in [-0.39, 0.29) is 5.75 Å². The highest BCUT2D eigenvalue weighted by molar-refractivity contribution is 5.88. The Morgan fingerprint density at radius 2 is 1.43 bits per heavy atom. The monoisotopic (exact) mass is 302 g/mol. The third-order valence-corrected chi connectivity index (χ3v) is 2.76. The van der Waals surface area contributed by atoms with Crippen LogP contribution in [0.2, 0.25) is 0 Å². The summed E-state index contributed by atoms with van der Waals surface area (Å²) in [5.74, 6) is 11.5. The standard InChI is InChI=1S/C20H14O3/c1-15(2)20(22)23-19-13-9-17(10-14-19)6-4-3-5-16-7-11-18(21)12-8-16/h7-14,21H,1H2,2H3. The van der Waals surface area contributed by atoms with Crippen LogP contribution in [0.25, 0.3) is 0 Å². The molecule has 0 unspecified atom stereocenters. The van der Waals surface area contributed by atoms with Gasteiger partial charge in [-0.25, -0.2) is 4.79 Å². The van der Waals surface area contributed by atoms with E-state index in [1.807, 2.05) is 0 Å². The number of benzene rings is 2. The predicted molar refractivity (Wildman–Crippen MR) is 88.8 cm³/mol. The lowest BCUT2D eigenvalue weighted by Crippen LogP contribution is -2.07. The van der Waals surface area contributed by atoms with E-state index >= 15 is 0 Å². The van der Waals surface area contributed by atoms with Crippen molar-refractivity contribution in [1.82, 2.24) is 0 Å². The Morgan fingerprint density at radius 1 is 0.957 bits per heavy atom. The van der Waals surface area contributed by atoms with Crippen molar-refractivity contribution in [3.8, 4) is 35.2 Å². The topological polar surface area (TPSA) is 46.5 Å². The van der Waals surface area contributed by atoms with E-state index in [1.165, 1.54) is 0 Å². The molecule has 2 aromatic carbocycles. The minimum Gasteiger partial charge on any atom is -0.508 e. The maximum Gasteiger partial charge on any atom is 0.338 e. The van der Waals surface area contributed by atoms with Crippen LogP contribution in [0.4, 0.5) is 0 Å². The molecule has 0 aliphatic heterocycles. The molecule has 0 spiro atoms. The summed E-state index contributed by atoms with van der Waals surface area (Å²) in [4.78, 5) is 11.4. The van der Waals surface area contributed by atoms with E-state index in [9.17, 15) is 9.90 Å². The van der Waals surface area contributed by atoms with Crippen LogP contribution in [-0.4, -0.2) is 11.1 Å². The second-order valence-electron chi connectivity index (χ2n) is 4.74. The average Bonchev–Trinajstić information content (AvgIpc) is 2.54. The normalized spacial score (nSPS) is 8.91. The van der Waals surface area contributed by atoms with Crippen molar-refractivity contribution in [3.05, 3.63) is 71.8 Å². The molecule has 0 bridgehead atoms. The first-order valence-electron chi connectivity index (χ1n) is 6.83. The van der Waals surface area contributed by atoms with Gasteiger partial charge >= 0.3 is 5.97 Å². The van der Waals surface area contributed by atoms with E-state index in [0.29, 0.717) is 11.3 Å². The number of carbonyl (C=O) groups excluding carboxylic acids is 1. The maximum absolute atomic E-state index is 11.4. The van der Waals surface area contributed by atoms with Gasteiger partial charge in [0.2, 0.25) is 0 Å². The number of hydrogen-bond acceptors (Lipinski definition) is 3. The Morgan fingerprint density at radius 3 is 1.91 bits per heavy atom. The molecule has 112 valence electrons. The van der Waals surface area contributed by atoms with E-state index in [1.54, 1.807) is 55.5 Å². The zero-order chi connectivity index (χ0) is 16.7. The highest BCUT2D eigenvalue weighted by Crippen LogP contribution is 2.13. The minimum absolute atomic E-state index is 0.203. The van der Waals surface area contributed by atoms with Crippen LogP contribution < -0.4 is 4.74 Å². The second kappa shape index (κ2) is 7.54. The third kappa shape index (κ3) is 5.12. The first-order chi connectivity index (χ1) is 11.0. The van der Waals surface area contributed by atoms with Gasteiger partial charge in [-0.05, 0) is 67.3 Å². The first kappa shape index (κ1) is 15.9.